The molecule has 0 spiro atoms. The fourth-order valence-electron chi connectivity index (χ4n) is 2.35. The van der Waals surface area contributed by atoms with Gasteiger partial charge >= 0.3 is 0 Å². The van der Waals surface area contributed by atoms with Crippen LogP contribution in [0, 0.1) is 0 Å². The summed E-state index contributed by atoms with van der Waals surface area (Å²) in [6.07, 6.45) is 1.84. The van der Waals surface area contributed by atoms with Crippen molar-refractivity contribution in [3.8, 4) is 11.1 Å². The van der Waals surface area contributed by atoms with Crippen molar-refractivity contribution < 1.29 is 4.42 Å². The topological polar surface area (TPSA) is 13.1 Å². The predicted molar refractivity (Wildman–Crippen MR) is 80.4 cm³/mol. The molecule has 0 aliphatic carbocycles. The molecule has 0 bridgehead atoms. The van der Waals surface area contributed by atoms with Gasteiger partial charge in [-0.3, -0.25) is 0 Å². The third-order valence-corrected chi connectivity index (χ3v) is 3.54. The molecule has 1 nitrogen and oxygen atoms in total. The van der Waals surface area contributed by atoms with Crippen LogP contribution in [0.25, 0.3) is 22.1 Å². The molecule has 0 radical (unpaired) electrons. The van der Waals surface area contributed by atoms with Crippen LogP contribution in [0.15, 0.2) is 59.2 Å². The number of hydrogen-bond acceptors (Lipinski definition) is 1. The molecule has 3 aromatic rings. The summed E-state index contributed by atoms with van der Waals surface area (Å²) in [6, 6.07) is 16.9. The molecule has 96 valence electrons. The Balaban J connectivity index is 2.07. The Morgan fingerprint density at radius 3 is 2.21 bits per heavy atom. The molecule has 1 aromatic heterocycles. The van der Waals surface area contributed by atoms with Gasteiger partial charge < -0.3 is 4.42 Å². The first-order valence-corrected chi connectivity index (χ1v) is 6.63. The van der Waals surface area contributed by atoms with Gasteiger partial charge in [0, 0.05) is 10.9 Å². The Hall–Kier alpha value is -2.02. The molecule has 1 heterocycles. The van der Waals surface area contributed by atoms with Crippen molar-refractivity contribution in [3.05, 3.63) is 60.4 Å². The third-order valence-electron chi connectivity index (χ3n) is 3.54. The zero-order chi connectivity index (χ0) is 13.5. The lowest BCUT2D eigenvalue weighted by Crippen LogP contribution is -2.10. The summed E-state index contributed by atoms with van der Waals surface area (Å²) in [4.78, 5) is 0. The molecule has 0 amide bonds. The quantitative estimate of drug-likeness (QED) is 0.563. The van der Waals surface area contributed by atoms with Gasteiger partial charge in [-0.15, -0.1) is 0 Å². The lowest BCUT2D eigenvalue weighted by atomic mass is 9.86. The number of benzene rings is 2. The van der Waals surface area contributed by atoms with E-state index in [4.69, 9.17) is 4.42 Å². The van der Waals surface area contributed by atoms with Crippen LogP contribution in [-0.2, 0) is 5.41 Å². The number of hydrogen-bond donors (Lipinski definition) is 0. The Morgan fingerprint density at radius 2 is 1.53 bits per heavy atom. The van der Waals surface area contributed by atoms with E-state index in [0.717, 1.165) is 11.1 Å². The standard InChI is InChI=1S/C18H18O/c1-18(2,3)14-10-8-13(9-11-14)16-12-19-17-7-5-4-6-15(16)17/h4-12H,1-3H3. The summed E-state index contributed by atoms with van der Waals surface area (Å²) in [6.45, 7) is 6.69. The molecule has 0 N–H and O–H groups in total. The molecular formula is C18H18O. The van der Waals surface area contributed by atoms with Crippen LogP contribution < -0.4 is 0 Å². The maximum Gasteiger partial charge on any atom is 0.134 e. The van der Waals surface area contributed by atoms with Crippen LogP contribution in [0.3, 0.4) is 0 Å². The van der Waals surface area contributed by atoms with Gasteiger partial charge in [0.2, 0.25) is 0 Å². The first-order chi connectivity index (χ1) is 9.05. The monoisotopic (exact) mass is 250 g/mol. The molecule has 0 saturated heterocycles. The first-order valence-electron chi connectivity index (χ1n) is 6.63. The summed E-state index contributed by atoms with van der Waals surface area (Å²) >= 11 is 0. The molecule has 0 saturated carbocycles. The number of fused-ring (bicyclic) bond motifs is 1. The van der Waals surface area contributed by atoms with Crippen molar-refractivity contribution in [1.29, 1.82) is 0 Å². The van der Waals surface area contributed by atoms with Gasteiger partial charge in [-0.1, -0.05) is 63.2 Å². The van der Waals surface area contributed by atoms with E-state index < -0.39 is 0 Å². The van der Waals surface area contributed by atoms with Crippen molar-refractivity contribution >= 4 is 11.0 Å². The fraction of sp³-hybridized carbons (Fsp3) is 0.222. The van der Waals surface area contributed by atoms with E-state index in [2.05, 4.69) is 51.1 Å². The van der Waals surface area contributed by atoms with Crippen molar-refractivity contribution in [3.63, 3.8) is 0 Å². The van der Waals surface area contributed by atoms with Crippen LogP contribution >= 0.6 is 0 Å². The molecule has 19 heavy (non-hydrogen) atoms. The molecule has 2 aromatic carbocycles. The first kappa shape index (κ1) is 12.0. The van der Waals surface area contributed by atoms with Gasteiger partial charge in [0.05, 0.1) is 6.26 Å². The minimum atomic E-state index is 0.191. The molecular weight excluding hydrogens is 232 g/mol. The van der Waals surface area contributed by atoms with E-state index in [9.17, 15) is 0 Å². The maximum absolute atomic E-state index is 5.60. The van der Waals surface area contributed by atoms with Gasteiger partial charge in [-0.2, -0.15) is 0 Å². The zero-order valence-corrected chi connectivity index (χ0v) is 11.6. The molecule has 0 aliphatic rings. The van der Waals surface area contributed by atoms with E-state index in [1.165, 1.54) is 16.5 Å². The van der Waals surface area contributed by atoms with Crippen molar-refractivity contribution in [1.82, 2.24) is 0 Å². The van der Waals surface area contributed by atoms with Crippen molar-refractivity contribution in [2.75, 3.05) is 0 Å². The second kappa shape index (κ2) is 4.27. The van der Waals surface area contributed by atoms with Crippen molar-refractivity contribution in [2.45, 2.75) is 26.2 Å². The van der Waals surface area contributed by atoms with Crippen LogP contribution in [0.2, 0.25) is 0 Å². The molecule has 3 rings (SSSR count). The summed E-state index contributed by atoms with van der Waals surface area (Å²) in [5.74, 6) is 0. The Kier molecular flexibility index (Phi) is 2.70. The maximum atomic E-state index is 5.60. The van der Waals surface area contributed by atoms with E-state index in [1.807, 2.05) is 24.5 Å². The molecule has 1 heteroatoms. The Morgan fingerprint density at radius 1 is 0.842 bits per heavy atom. The lowest BCUT2D eigenvalue weighted by Gasteiger charge is -2.19. The minimum Gasteiger partial charge on any atom is -0.464 e. The Labute approximate surface area is 113 Å². The van der Waals surface area contributed by atoms with Gasteiger partial charge in [0.15, 0.2) is 0 Å². The molecule has 0 unspecified atom stereocenters. The van der Waals surface area contributed by atoms with Gasteiger partial charge in [-0.25, -0.2) is 0 Å². The highest BCUT2D eigenvalue weighted by Gasteiger charge is 2.14. The van der Waals surface area contributed by atoms with E-state index in [-0.39, 0.29) is 5.41 Å². The summed E-state index contributed by atoms with van der Waals surface area (Å²) in [5.41, 5.74) is 4.85. The third kappa shape index (κ3) is 2.17. The van der Waals surface area contributed by atoms with Crippen LogP contribution in [0.5, 0.6) is 0 Å². The van der Waals surface area contributed by atoms with E-state index >= 15 is 0 Å². The molecule has 0 aliphatic heterocycles. The lowest BCUT2D eigenvalue weighted by molar-refractivity contribution is 0.590. The van der Waals surface area contributed by atoms with Gasteiger partial charge in [0.1, 0.15) is 5.58 Å². The fourth-order valence-corrected chi connectivity index (χ4v) is 2.35. The highest BCUT2D eigenvalue weighted by molar-refractivity contribution is 5.93. The summed E-state index contributed by atoms with van der Waals surface area (Å²) < 4.78 is 5.60. The van der Waals surface area contributed by atoms with Crippen LogP contribution in [-0.4, -0.2) is 0 Å². The molecule has 0 fully saturated rings. The summed E-state index contributed by atoms with van der Waals surface area (Å²) in [5, 5.41) is 1.17. The SMILES string of the molecule is CC(C)(C)c1ccc(-c2coc3ccccc23)cc1. The van der Waals surface area contributed by atoms with Crippen molar-refractivity contribution in [2.24, 2.45) is 0 Å². The number of furan rings is 1. The average Bonchev–Trinajstić information content (AvgIpc) is 2.82. The van der Waals surface area contributed by atoms with Gasteiger partial charge in [-0.05, 0) is 22.6 Å². The minimum absolute atomic E-state index is 0.191. The smallest absolute Gasteiger partial charge is 0.134 e. The van der Waals surface area contributed by atoms with Gasteiger partial charge in [0.25, 0.3) is 0 Å². The largest absolute Gasteiger partial charge is 0.464 e. The summed E-state index contributed by atoms with van der Waals surface area (Å²) in [7, 11) is 0. The highest BCUT2D eigenvalue weighted by atomic mass is 16.3. The van der Waals surface area contributed by atoms with E-state index in [0.29, 0.717) is 0 Å². The van der Waals surface area contributed by atoms with Crippen LogP contribution in [0.1, 0.15) is 26.3 Å². The normalized spacial score (nSPS) is 11.9. The van der Waals surface area contributed by atoms with Crippen LogP contribution in [0.4, 0.5) is 0 Å². The number of rotatable bonds is 1. The average molecular weight is 250 g/mol. The molecule has 0 atom stereocenters. The number of para-hydroxylation sites is 1. The highest BCUT2D eigenvalue weighted by Crippen LogP contribution is 2.32. The second-order valence-electron chi connectivity index (χ2n) is 5.97. The van der Waals surface area contributed by atoms with E-state index in [1.54, 1.807) is 0 Å². The second-order valence-corrected chi connectivity index (χ2v) is 5.97. The zero-order valence-electron chi connectivity index (χ0n) is 11.6. The predicted octanol–water partition coefficient (Wildman–Crippen LogP) is 5.40. The Bertz CT molecular complexity index is 696.